The molecule has 0 N–H and O–H groups in total. The van der Waals surface area contributed by atoms with Crippen LogP contribution in [0.3, 0.4) is 0 Å². The highest BCUT2D eigenvalue weighted by Gasteiger charge is 2.30. The number of hydrogen-bond acceptors (Lipinski definition) is 9. The van der Waals surface area contributed by atoms with Gasteiger partial charge in [0.1, 0.15) is 11.3 Å². The van der Waals surface area contributed by atoms with Gasteiger partial charge < -0.3 is 14.2 Å². The van der Waals surface area contributed by atoms with Crippen LogP contribution < -0.4 is 4.90 Å². The van der Waals surface area contributed by atoms with Gasteiger partial charge in [-0.3, -0.25) is 9.67 Å². The highest BCUT2D eigenvalue weighted by atomic mass is 16.5. The van der Waals surface area contributed by atoms with Gasteiger partial charge in [0.05, 0.1) is 23.4 Å². The number of carbonyl (C=O) groups is 1. The van der Waals surface area contributed by atoms with Crippen molar-refractivity contribution < 1.29 is 14.1 Å². The van der Waals surface area contributed by atoms with Crippen LogP contribution in [0.2, 0.25) is 0 Å². The summed E-state index contributed by atoms with van der Waals surface area (Å²) in [5.41, 5.74) is 3.57. The molecule has 10 nitrogen and oxygen atoms in total. The molecule has 0 aliphatic carbocycles. The maximum Gasteiger partial charge on any atom is 0.341 e. The summed E-state index contributed by atoms with van der Waals surface area (Å²) in [4.78, 5) is 28.3. The fourth-order valence-corrected chi connectivity index (χ4v) is 4.43. The van der Waals surface area contributed by atoms with Gasteiger partial charge in [-0.25, -0.2) is 9.78 Å². The predicted molar refractivity (Wildman–Crippen MR) is 121 cm³/mol. The molecule has 10 heteroatoms. The Balaban J connectivity index is 1.42. The third-order valence-corrected chi connectivity index (χ3v) is 5.99. The van der Waals surface area contributed by atoms with E-state index in [-0.39, 0.29) is 11.9 Å². The minimum atomic E-state index is -0.371. The number of aryl methyl sites for hydroxylation is 2. The summed E-state index contributed by atoms with van der Waals surface area (Å²) in [5.74, 6) is 0.895. The van der Waals surface area contributed by atoms with E-state index in [2.05, 4.69) is 30.1 Å². The molecule has 5 rings (SSSR count). The van der Waals surface area contributed by atoms with Crippen LogP contribution in [0.15, 0.2) is 35.1 Å². The first kappa shape index (κ1) is 21.0. The first-order chi connectivity index (χ1) is 16.1. The van der Waals surface area contributed by atoms with Crippen molar-refractivity contribution in [2.75, 3.05) is 24.6 Å². The number of ether oxygens (including phenoxy) is 1. The number of anilines is 1. The first-order valence-electron chi connectivity index (χ1n) is 11.1. The van der Waals surface area contributed by atoms with E-state index in [4.69, 9.17) is 9.26 Å². The number of fused-ring (bicyclic) bond motifs is 1. The second-order valence-corrected chi connectivity index (χ2v) is 8.08. The standard InChI is InChI=1S/C23H25N7O3/c1-4-32-23(31)16-13-25-21-18(14(2)27-29(21)3)19(16)30-11-8-15(9-12-30)22-26-20(28-33-22)17-7-5-6-10-24-17/h5-7,10,13,15H,4,8-9,11-12H2,1-3H3. The van der Waals surface area contributed by atoms with Crippen molar-refractivity contribution in [3.63, 3.8) is 0 Å². The SMILES string of the molecule is CCOC(=O)c1cnc2c(c(C)nn2C)c1N1CCC(c2nc(-c3ccccn3)no2)CC1. The molecule has 4 aromatic heterocycles. The van der Waals surface area contributed by atoms with Crippen LogP contribution in [-0.4, -0.2) is 55.6 Å². The lowest BCUT2D eigenvalue weighted by atomic mass is 9.95. The molecule has 1 fully saturated rings. The van der Waals surface area contributed by atoms with E-state index in [1.807, 2.05) is 32.2 Å². The van der Waals surface area contributed by atoms with Gasteiger partial charge in [0.25, 0.3) is 0 Å². The summed E-state index contributed by atoms with van der Waals surface area (Å²) in [6.45, 7) is 5.50. The predicted octanol–water partition coefficient (Wildman–Crippen LogP) is 3.28. The van der Waals surface area contributed by atoms with Gasteiger partial charge >= 0.3 is 5.97 Å². The smallest absolute Gasteiger partial charge is 0.341 e. The fourth-order valence-electron chi connectivity index (χ4n) is 4.43. The summed E-state index contributed by atoms with van der Waals surface area (Å²) in [7, 11) is 1.86. The quantitative estimate of drug-likeness (QED) is 0.425. The van der Waals surface area contributed by atoms with E-state index < -0.39 is 0 Å². The summed E-state index contributed by atoms with van der Waals surface area (Å²) in [6, 6.07) is 5.61. The van der Waals surface area contributed by atoms with Crippen molar-refractivity contribution in [2.24, 2.45) is 7.05 Å². The summed E-state index contributed by atoms with van der Waals surface area (Å²) >= 11 is 0. The molecule has 0 amide bonds. The lowest BCUT2D eigenvalue weighted by Crippen LogP contribution is -2.34. The molecular weight excluding hydrogens is 422 g/mol. The Morgan fingerprint density at radius 1 is 1.24 bits per heavy atom. The number of aromatic nitrogens is 6. The first-order valence-corrected chi connectivity index (χ1v) is 11.1. The van der Waals surface area contributed by atoms with E-state index in [9.17, 15) is 4.79 Å². The van der Waals surface area contributed by atoms with E-state index >= 15 is 0 Å². The van der Waals surface area contributed by atoms with E-state index in [1.54, 1.807) is 24.0 Å². The van der Waals surface area contributed by atoms with Crippen LogP contribution in [-0.2, 0) is 11.8 Å². The molecule has 33 heavy (non-hydrogen) atoms. The van der Waals surface area contributed by atoms with E-state index in [1.165, 1.54) is 0 Å². The average Bonchev–Trinajstić information content (AvgIpc) is 3.44. The molecule has 0 spiro atoms. The molecule has 0 unspecified atom stereocenters. The molecule has 4 aromatic rings. The molecule has 170 valence electrons. The number of esters is 1. The van der Waals surface area contributed by atoms with Crippen molar-refractivity contribution in [3.8, 4) is 11.5 Å². The molecule has 1 saturated heterocycles. The van der Waals surface area contributed by atoms with Crippen molar-refractivity contribution in [1.29, 1.82) is 0 Å². The third-order valence-electron chi connectivity index (χ3n) is 5.99. The van der Waals surface area contributed by atoms with E-state index in [0.29, 0.717) is 29.6 Å². The lowest BCUT2D eigenvalue weighted by Gasteiger charge is -2.33. The number of nitrogens with zero attached hydrogens (tertiary/aromatic N) is 7. The van der Waals surface area contributed by atoms with Crippen LogP contribution in [0.5, 0.6) is 0 Å². The number of carbonyl (C=O) groups excluding carboxylic acids is 1. The van der Waals surface area contributed by atoms with Crippen molar-refractivity contribution in [2.45, 2.75) is 32.6 Å². The zero-order valence-electron chi connectivity index (χ0n) is 18.9. The molecule has 1 aliphatic rings. The lowest BCUT2D eigenvalue weighted by molar-refractivity contribution is 0.0526. The molecule has 5 heterocycles. The fraction of sp³-hybridized carbons (Fsp3) is 0.391. The van der Waals surface area contributed by atoms with Gasteiger partial charge in [-0.15, -0.1) is 0 Å². The third kappa shape index (κ3) is 3.81. The summed E-state index contributed by atoms with van der Waals surface area (Å²) < 4.78 is 12.6. The Morgan fingerprint density at radius 3 is 2.79 bits per heavy atom. The Kier molecular flexibility index (Phi) is 5.49. The maximum absolute atomic E-state index is 12.7. The molecule has 0 bridgehead atoms. The Bertz CT molecular complexity index is 1290. The van der Waals surface area contributed by atoms with Crippen molar-refractivity contribution >= 4 is 22.7 Å². The van der Waals surface area contributed by atoms with Crippen molar-refractivity contribution in [1.82, 2.24) is 29.9 Å². The Labute approximate surface area is 190 Å². The monoisotopic (exact) mass is 447 g/mol. The highest BCUT2D eigenvalue weighted by molar-refractivity contribution is 6.05. The topological polar surface area (TPSA) is 112 Å². The normalized spacial score (nSPS) is 14.7. The number of hydrogen-bond donors (Lipinski definition) is 0. The van der Waals surface area contributed by atoms with Gasteiger partial charge in [-0.1, -0.05) is 11.2 Å². The number of pyridine rings is 2. The zero-order valence-corrected chi connectivity index (χ0v) is 18.9. The average molecular weight is 447 g/mol. The molecule has 0 saturated carbocycles. The van der Waals surface area contributed by atoms with Crippen LogP contribution in [0.25, 0.3) is 22.6 Å². The molecule has 0 atom stereocenters. The van der Waals surface area contributed by atoms with Crippen LogP contribution >= 0.6 is 0 Å². The summed E-state index contributed by atoms with van der Waals surface area (Å²) in [6.07, 6.45) is 4.94. The largest absolute Gasteiger partial charge is 0.462 e. The second-order valence-electron chi connectivity index (χ2n) is 8.08. The van der Waals surface area contributed by atoms with Gasteiger partial charge in [-0.05, 0) is 38.8 Å². The molecule has 1 aliphatic heterocycles. The number of rotatable bonds is 5. The number of piperidine rings is 1. The maximum atomic E-state index is 12.7. The molecule has 0 radical (unpaired) electrons. The molecule has 0 aromatic carbocycles. The van der Waals surface area contributed by atoms with E-state index in [0.717, 1.165) is 48.3 Å². The van der Waals surface area contributed by atoms with Gasteiger partial charge in [0, 0.05) is 38.4 Å². The van der Waals surface area contributed by atoms with Gasteiger partial charge in [0.15, 0.2) is 5.65 Å². The highest BCUT2D eigenvalue weighted by Crippen LogP contribution is 2.37. The Morgan fingerprint density at radius 2 is 2.06 bits per heavy atom. The van der Waals surface area contributed by atoms with Crippen LogP contribution in [0, 0.1) is 6.92 Å². The summed E-state index contributed by atoms with van der Waals surface area (Å²) in [5, 5.41) is 9.52. The minimum absolute atomic E-state index is 0.143. The minimum Gasteiger partial charge on any atom is -0.462 e. The molecular formula is C23H25N7O3. The van der Waals surface area contributed by atoms with Crippen molar-refractivity contribution in [3.05, 3.63) is 47.7 Å². The second kappa shape index (κ2) is 8.61. The van der Waals surface area contributed by atoms with Gasteiger partial charge in [-0.2, -0.15) is 10.1 Å². The van der Waals surface area contributed by atoms with Crippen LogP contribution in [0.4, 0.5) is 5.69 Å². The Hall–Kier alpha value is -3.82. The van der Waals surface area contributed by atoms with Gasteiger partial charge in [0.2, 0.25) is 11.7 Å². The van der Waals surface area contributed by atoms with Crippen LogP contribution in [0.1, 0.15) is 47.6 Å². The zero-order chi connectivity index (χ0) is 22.9.